The van der Waals surface area contributed by atoms with E-state index in [0.29, 0.717) is 0 Å². The molecule has 60 valence electrons. The first-order valence-electron chi connectivity index (χ1n) is 3.38. The van der Waals surface area contributed by atoms with Crippen LogP contribution in [0, 0.1) is 3.57 Å². The van der Waals surface area contributed by atoms with Crippen LogP contribution in [0.15, 0.2) is 22.7 Å². The summed E-state index contributed by atoms with van der Waals surface area (Å²) >= 11 is 5.74. The Hall–Kier alpha value is 0.390. The quantitative estimate of drug-likeness (QED) is 0.831. The summed E-state index contributed by atoms with van der Waals surface area (Å²) in [5.74, 6) is 0. The second kappa shape index (κ2) is 4.42. The highest BCUT2D eigenvalue weighted by Crippen LogP contribution is 2.18. The minimum atomic E-state index is 0.720. The van der Waals surface area contributed by atoms with Crippen molar-refractivity contribution in [2.45, 2.75) is 6.42 Å². The van der Waals surface area contributed by atoms with Crippen molar-refractivity contribution in [2.24, 2.45) is 5.73 Å². The van der Waals surface area contributed by atoms with E-state index in [1.54, 1.807) is 0 Å². The average Bonchev–Trinajstić information content (AvgIpc) is 1.95. The van der Waals surface area contributed by atoms with Crippen LogP contribution in [-0.4, -0.2) is 6.54 Å². The first-order chi connectivity index (χ1) is 5.24. The zero-order valence-electron chi connectivity index (χ0n) is 5.98. The summed E-state index contributed by atoms with van der Waals surface area (Å²) in [5, 5.41) is 0. The van der Waals surface area contributed by atoms with Gasteiger partial charge in [0.15, 0.2) is 0 Å². The number of hydrogen-bond acceptors (Lipinski definition) is 1. The van der Waals surface area contributed by atoms with Gasteiger partial charge in [0.1, 0.15) is 0 Å². The van der Waals surface area contributed by atoms with Crippen molar-refractivity contribution >= 4 is 38.5 Å². The molecule has 0 aromatic heterocycles. The van der Waals surface area contributed by atoms with Crippen molar-refractivity contribution in [1.29, 1.82) is 0 Å². The molecule has 1 rings (SSSR count). The van der Waals surface area contributed by atoms with E-state index in [0.717, 1.165) is 17.4 Å². The predicted molar refractivity (Wildman–Crippen MR) is 59.6 cm³/mol. The highest BCUT2D eigenvalue weighted by Gasteiger charge is 1.97. The summed E-state index contributed by atoms with van der Waals surface area (Å²) in [7, 11) is 0. The zero-order chi connectivity index (χ0) is 8.27. The Morgan fingerprint density at radius 2 is 2.18 bits per heavy atom. The number of rotatable bonds is 2. The molecule has 0 aliphatic carbocycles. The number of hydrogen-bond donors (Lipinski definition) is 1. The van der Waals surface area contributed by atoms with Gasteiger partial charge in [0.05, 0.1) is 0 Å². The molecule has 0 amide bonds. The smallest absolute Gasteiger partial charge is 0.0185 e. The van der Waals surface area contributed by atoms with E-state index in [-0.39, 0.29) is 0 Å². The Morgan fingerprint density at radius 3 is 2.73 bits per heavy atom. The van der Waals surface area contributed by atoms with Gasteiger partial charge in [-0.25, -0.2) is 0 Å². The minimum Gasteiger partial charge on any atom is -0.330 e. The molecule has 0 radical (unpaired) electrons. The van der Waals surface area contributed by atoms with Crippen LogP contribution in [0.2, 0.25) is 0 Å². The fourth-order valence-electron chi connectivity index (χ4n) is 0.880. The van der Waals surface area contributed by atoms with Crippen molar-refractivity contribution in [3.05, 3.63) is 31.8 Å². The SMILES string of the molecule is NCCc1ccc(Br)cc1I. The van der Waals surface area contributed by atoms with Gasteiger partial charge in [0.25, 0.3) is 0 Å². The van der Waals surface area contributed by atoms with Gasteiger partial charge >= 0.3 is 0 Å². The van der Waals surface area contributed by atoms with Crippen molar-refractivity contribution in [3.63, 3.8) is 0 Å². The molecule has 0 saturated heterocycles. The number of nitrogens with two attached hydrogens (primary N) is 1. The maximum atomic E-state index is 5.45. The number of halogens is 2. The Morgan fingerprint density at radius 1 is 1.45 bits per heavy atom. The molecule has 0 saturated carbocycles. The predicted octanol–water partition coefficient (Wildman–Crippen LogP) is 2.55. The first kappa shape index (κ1) is 9.48. The third-order valence-corrected chi connectivity index (χ3v) is 2.93. The molecule has 0 aliphatic rings. The molecule has 0 atom stereocenters. The van der Waals surface area contributed by atoms with E-state index in [1.165, 1.54) is 9.13 Å². The van der Waals surface area contributed by atoms with E-state index >= 15 is 0 Å². The second-order valence-corrected chi connectivity index (χ2v) is 4.35. The minimum absolute atomic E-state index is 0.720. The second-order valence-electron chi connectivity index (χ2n) is 2.27. The van der Waals surface area contributed by atoms with Crippen LogP contribution in [0.1, 0.15) is 5.56 Å². The summed E-state index contributed by atoms with van der Waals surface area (Å²) in [6, 6.07) is 6.26. The standard InChI is InChI=1S/C8H9BrIN/c9-7-2-1-6(3-4-11)8(10)5-7/h1-2,5H,3-4,11H2. The normalized spacial score (nSPS) is 10.1. The van der Waals surface area contributed by atoms with Gasteiger partial charge < -0.3 is 5.73 Å². The lowest BCUT2D eigenvalue weighted by molar-refractivity contribution is 0.962. The maximum Gasteiger partial charge on any atom is 0.0185 e. The van der Waals surface area contributed by atoms with Gasteiger partial charge in [-0.05, 0) is 53.3 Å². The topological polar surface area (TPSA) is 26.0 Å². The largest absolute Gasteiger partial charge is 0.330 e. The molecule has 0 heterocycles. The maximum absolute atomic E-state index is 5.45. The molecule has 0 aliphatic heterocycles. The summed E-state index contributed by atoms with van der Waals surface area (Å²) in [6.07, 6.45) is 0.964. The lowest BCUT2D eigenvalue weighted by Gasteiger charge is -2.01. The molecule has 2 N–H and O–H groups in total. The molecular weight excluding hydrogens is 317 g/mol. The molecule has 0 spiro atoms. The van der Waals surface area contributed by atoms with Crippen LogP contribution in [0.5, 0.6) is 0 Å². The van der Waals surface area contributed by atoms with Gasteiger partial charge in [-0.15, -0.1) is 0 Å². The van der Waals surface area contributed by atoms with E-state index < -0.39 is 0 Å². The molecule has 3 heteroatoms. The summed E-state index contributed by atoms with van der Waals surface area (Å²) < 4.78 is 2.41. The van der Waals surface area contributed by atoms with E-state index in [1.807, 2.05) is 6.07 Å². The molecule has 1 aromatic rings. The van der Waals surface area contributed by atoms with Crippen LogP contribution in [0.4, 0.5) is 0 Å². The Labute approximate surface area is 88.6 Å². The third-order valence-electron chi connectivity index (χ3n) is 1.43. The van der Waals surface area contributed by atoms with Crippen LogP contribution in [0.25, 0.3) is 0 Å². The summed E-state index contributed by atoms with van der Waals surface area (Å²) in [4.78, 5) is 0. The molecule has 1 nitrogen and oxygen atoms in total. The van der Waals surface area contributed by atoms with Crippen molar-refractivity contribution < 1.29 is 0 Å². The fraction of sp³-hybridized carbons (Fsp3) is 0.250. The van der Waals surface area contributed by atoms with Crippen LogP contribution in [-0.2, 0) is 6.42 Å². The molecular formula is C8H9BrIN. The molecule has 0 unspecified atom stereocenters. The summed E-state index contributed by atoms with van der Waals surface area (Å²) in [6.45, 7) is 0.720. The average molecular weight is 326 g/mol. The third kappa shape index (κ3) is 2.72. The Kier molecular flexibility index (Phi) is 3.81. The van der Waals surface area contributed by atoms with Crippen LogP contribution in [0.3, 0.4) is 0 Å². The van der Waals surface area contributed by atoms with Gasteiger partial charge in [-0.3, -0.25) is 0 Å². The monoisotopic (exact) mass is 325 g/mol. The lowest BCUT2D eigenvalue weighted by atomic mass is 10.2. The zero-order valence-corrected chi connectivity index (χ0v) is 9.72. The van der Waals surface area contributed by atoms with Crippen molar-refractivity contribution in [2.75, 3.05) is 6.54 Å². The van der Waals surface area contributed by atoms with Crippen LogP contribution >= 0.6 is 38.5 Å². The number of benzene rings is 1. The first-order valence-corrected chi connectivity index (χ1v) is 5.25. The fourth-order valence-corrected chi connectivity index (χ4v) is 2.45. The lowest BCUT2D eigenvalue weighted by Crippen LogP contribution is -2.03. The van der Waals surface area contributed by atoms with Gasteiger partial charge in [-0.1, -0.05) is 22.0 Å². The van der Waals surface area contributed by atoms with E-state index in [9.17, 15) is 0 Å². The Bertz CT molecular complexity index is 250. The van der Waals surface area contributed by atoms with Gasteiger partial charge in [0.2, 0.25) is 0 Å². The van der Waals surface area contributed by atoms with Gasteiger partial charge in [-0.2, -0.15) is 0 Å². The van der Waals surface area contributed by atoms with Crippen molar-refractivity contribution in [3.8, 4) is 0 Å². The molecule has 0 fully saturated rings. The molecule has 1 aromatic carbocycles. The molecule has 0 bridgehead atoms. The van der Waals surface area contributed by atoms with E-state index in [4.69, 9.17) is 5.73 Å². The van der Waals surface area contributed by atoms with Gasteiger partial charge in [0, 0.05) is 8.04 Å². The molecule has 11 heavy (non-hydrogen) atoms. The van der Waals surface area contributed by atoms with E-state index in [2.05, 4.69) is 50.7 Å². The van der Waals surface area contributed by atoms with Crippen molar-refractivity contribution in [1.82, 2.24) is 0 Å². The highest BCUT2D eigenvalue weighted by molar-refractivity contribution is 14.1. The summed E-state index contributed by atoms with van der Waals surface area (Å²) in [5.41, 5.74) is 6.78. The highest BCUT2D eigenvalue weighted by atomic mass is 127. The van der Waals surface area contributed by atoms with Crippen LogP contribution < -0.4 is 5.73 Å². The Balaban J connectivity index is 2.90.